The normalized spacial score (nSPS) is 27.8. The molecule has 2 atom stereocenters. The van der Waals surface area contributed by atoms with Crippen molar-refractivity contribution in [3.63, 3.8) is 0 Å². The lowest BCUT2D eigenvalue weighted by Gasteiger charge is -2.27. The van der Waals surface area contributed by atoms with Crippen LogP contribution in [-0.4, -0.2) is 16.5 Å². The topological polar surface area (TPSA) is 35.8 Å². The van der Waals surface area contributed by atoms with Gasteiger partial charge in [0.05, 0.1) is 11.1 Å². The molecule has 0 spiro atoms. The highest BCUT2D eigenvalue weighted by atomic mass is 79.9. The number of benzene rings is 1. The monoisotopic (exact) mass is 330 g/mol. The highest BCUT2D eigenvalue weighted by Gasteiger charge is 2.41. The second kappa shape index (κ2) is 5.09. The van der Waals surface area contributed by atoms with Crippen molar-refractivity contribution >= 4 is 45.0 Å². The van der Waals surface area contributed by atoms with Gasteiger partial charge in [-0.2, -0.15) is 17.0 Å². The van der Waals surface area contributed by atoms with Crippen LogP contribution in [0.2, 0.25) is 5.02 Å². The smallest absolute Gasteiger partial charge is 0.137 e. The van der Waals surface area contributed by atoms with Crippen LogP contribution in [-0.2, 0) is 0 Å². The van der Waals surface area contributed by atoms with E-state index in [1.54, 1.807) is 0 Å². The second-order valence-electron chi connectivity index (χ2n) is 4.10. The lowest BCUT2D eigenvalue weighted by atomic mass is 9.94. The molecule has 1 aromatic carbocycles. The number of hydrogen-bond acceptors (Lipinski definition) is 3. The third-order valence-corrected chi connectivity index (χ3v) is 5.60. The molecule has 1 aliphatic rings. The first-order valence-corrected chi connectivity index (χ1v) is 7.55. The van der Waals surface area contributed by atoms with E-state index < -0.39 is 5.54 Å². The lowest BCUT2D eigenvalue weighted by molar-refractivity contribution is 0.592. The summed E-state index contributed by atoms with van der Waals surface area (Å²) in [6, 6.07) is 8.07. The maximum atomic E-state index is 9.41. The first kappa shape index (κ1) is 13.1. The van der Waals surface area contributed by atoms with Crippen molar-refractivity contribution in [2.45, 2.75) is 24.1 Å². The molecule has 2 nitrogen and oxygen atoms in total. The summed E-state index contributed by atoms with van der Waals surface area (Å²) in [6.45, 7) is 2.10. The Morgan fingerprint density at radius 1 is 1.65 bits per heavy atom. The number of thioether (sulfide) groups is 1. The number of hydrogen-bond donors (Lipinski definition) is 1. The van der Waals surface area contributed by atoms with Gasteiger partial charge in [0.1, 0.15) is 5.54 Å². The van der Waals surface area contributed by atoms with Crippen LogP contribution in [0, 0.1) is 11.3 Å². The molecule has 0 aliphatic carbocycles. The Morgan fingerprint density at radius 3 is 2.94 bits per heavy atom. The molecule has 1 aliphatic heterocycles. The Bertz CT molecular complexity index is 474. The molecule has 1 aromatic rings. The Labute approximate surface area is 119 Å². The molecule has 1 heterocycles. The molecule has 2 unspecified atom stereocenters. The van der Waals surface area contributed by atoms with Crippen LogP contribution in [0.15, 0.2) is 22.7 Å². The molecule has 90 valence electrons. The SMILES string of the molecule is CC1SCCC1(C#N)Nc1ccc(Cl)c(Br)c1. The molecule has 1 fully saturated rings. The Morgan fingerprint density at radius 2 is 2.41 bits per heavy atom. The fourth-order valence-electron chi connectivity index (χ4n) is 1.91. The van der Waals surface area contributed by atoms with Crippen LogP contribution in [0.5, 0.6) is 0 Å². The minimum Gasteiger partial charge on any atom is -0.366 e. The van der Waals surface area contributed by atoms with Gasteiger partial charge in [-0.3, -0.25) is 0 Å². The zero-order valence-electron chi connectivity index (χ0n) is 9.34. The quantitative estimate of drug-likeness (QED) is 0.877. The summed E-state index contributed by atoms with van der Waals surface area (Å²) in [6.07, 6.45) is 0.871. The molecule has 0 radical (unpaired) electrons. The maximum absolute atomic E-state index is 9.41. The van der Waals surface area contributed by atoms with Crippen molar-refractivity contribution < 1.29 is 0 Å². The molecule has 5 heteroatoms. The Balaban J connectivity index is 2.25. The van der Waals surface area contributed by atoms with Crippen LogP contribution >= 0.6 is 39.3 Å². The maximum Gasteiger partial charge on any atom is 0.137 e. The van der Waals surface area contributed by atoms with Crippen molar-refractivity contribution in [3.8, 4) is 6.07 Å². The number of nitriles is 1. The summed E-state index contributed by atoms with van der Waals surface area (Å²) < 4.78 is 0.843. The molecular formula is C12H12BrClN2S. The van der Waals surface area contributed by atoms with Crippen molar-refractivity contribution in [2.75, 3.05) is 11.1 Å². The number of anilines is 1. The van der Waals surface area contributed by atoms with Crippen LogP contribution in [0.25, 0.3) is 0 Å². The van der Waals surface area contributed by atoms with Gasteiger partial charge in [-0.05, 0) is 53.2 Å². The zero-order chi connectivity index (χ0) is 12.5. The fourth-order valence-corrected chi connectivity index (χ4v) is 3.72. The largest absolute Gasteiger partial charge is 0.366 e. The van der Waals surface area contributed by atoms with E-state index in [1.807, 2.05) is 30.0 Å². The minimum atomic E-state index is -0.460. The Kier molecular flexibility index (Phi) is 3.92. The van der Waals surface area contributed by atoms with Crippen molar-refractivity contribution in [1.29, 1.82) is 5.26 Å². The van der Waals surface area contributed by atoms with E-state index >= 15 is 0 Å². The summed E-state index contributed by atoms with van der Waals surface area (Å²) >= 11 is 11.2. The molecule has 17 heavy (non-hydrogen) atoms. The molecule has 2 rings (SSSR count). The number of nitrogens with one attached hydrogen (secondary N) is 1. The highest BCUT2D eigenvalue weighted by Crippen LogP contribution is 2.38. The molecule has 0 aromatic heterocycles. The molecular weight excluding hydrogens is 320 g/mol. The van der Waals surface area contributed by atoms with Gasteiger partial charge in [-0.15, -0.1) is 0 Å². The van der Waals surface area contributed by atoms with Crippen LogP contribution in [0.1, 0.15) is 13.3 Å². The number of nitrogens with zero attached hydrogens (tertiary/aromatic N) is 1. The standard InChI is InChI=1S/C12H12BrClN2S/c1-8-12(7-15,4-5-17-8)16-9-2-3-11(14)10(13)6-9/h2-3,6,8,16H,4-5H2,1H3. The van der Waals surface area contributed by atoms with Crippen molar-refractivity contribution in [1.82, 2.24) is 0 Å². The van der Waals surface area contributed by atoms with Gasteiger partial charge in [-0.25, -0.2) is 0 Å². The third-order valence-electron chi connectivity index (χ3n) is 3.04. The van der Waals surface area contributed by atoms with E-state index in [1.165, 1.54) is 0 Å². The molecule has 0 bridgehead atoms. The van der Waals surface area contributed by atoms with Gasteiger partial charge >= 0.3 is 0 Å². The van der Waals surface area contributed by atoms with E-state index in [2.05, 4.69) is 34.2 Å². The van der Waals surface area contributed by atoms with Gasteiger partial charge in [0, 0.05) is 15.4 Å². The minimum absolute atomic E-state index is 0.293. The number of halogens is 2. The second-order valence-corrected chi connectivity index (χ2v) is 6.81. The fraction of sp³-hybridized carbons (Fsp3) is 0.417. The van der Waals surface area contributed by atoms with Gasteiger partial charge in [0.2, 0.25) is 0 Å². The van der Waals surface area contributed by atoms with Crippen LogP contribution in [0.4, 0.5) is 5.69 Å². The summed E-state index contributed by atoms with van der Waals surface area (Å²) in [5.74, 6) is 1.02. The lowest BCUT2D eigenvalue weighted by Crippen LogP contribution is -2.41. The van der Waals surface area contributed by atoms with Crippen LogP contribution < -0.4 is 5.32 Å². The first-order valence-electron chi connectivity index (χ1n) is 5.33. The van der Waals surface area contributed by atoms with Gasteiger partial charge < -0.3 is 5.32 Å². The van der Waals surface area contributed by atoms with Gasteiger partial charge in [0.25, 0.3) is 0 Å². The predicted octanol–water partition coefficient (Wildman–Crippen LogP) is 4.30. The van der Waals surface area contributed by atoms with Crippen molar-refractivity contribution in [2.24, 2.45) is 0 Å². The average Bonchev–Trinajstić information content (AvgIpc) is 2.66. The van der Waals surface area contributed by atoms with E-state index in [0.29, 0.717) is 10.3 Å². The predicted molar refractivity (Wildman–Crippen MR) is 77.7 cm³/mol. The van der Waals surface area contributed by atoms with Crippen LogP contribution in [0.3, 0.4) is 0 Å². The molecule has 0 saturated carbocycles. The molecule has 0 amide bonds. The van der Waals surface area contributed by atoms with E-state index in [4.69, 9.17) is 11.6 Å². The number of rotatable bonds is 2. The summed E-state index contributed by atoms with van der Waals surface area (Å²) in [5.41, 5.74) is 0.468. The highest BCUT2D eigenvalue weighted by molar-refractivity contribution is 9.10. The van der Waals surface area contributed by atoms with E-state index in [9.17, 15) is 5.26 Å². The Hall–Kier alpha value is -0.370. The summed E-state index contributed by atoms with van der Waals surface area (Å²) in [5, 5.41) is 13.7. The van der Waals surface area contributed by atoms with E-state index in [0.717, 1.165) is 22.3 Å². The third kappa shape index (κ3) is 2.57. The molecule has 1 saturated heterocycles. The van der Waals surface area contributed by atoms with E-state index in [-0.39, 0.29) is 0 Å². The van der Waals surface area contributed by atoms with Gasteiger partial charge in [-0.1, -0.05) is 11.6 Å². The molecule has 1 N–H and O–H groups in total. The van der Waals surface area contributed by atoms with Gasteiger partial charge in [0.15, 0.2) is 0 Å². The first-order chi connectivity index (χ1) is 8.07. The average molecular weight is 332 g/mol. The van der Waals surface area contributed by atoms with Crippen molar-refractivity contribution in [3.05, 3.63) is 27.7 Å². The summed E-state index contributed by atoms with van der Waals surface area (Å²) in [7, 11) is 0. The zero-order valence-corrected chi connectivity index (χ0v) is 12.5. The summed E-state index contributed by atoms with van der Waals surface area (Å²) in [4.78, 5) is 0.